The normalized spacial score (nSPS) is 25.8. The number of benzene rings is 1. The van der Waals surface area contributed by atoms with Crippen LogP contribution in [0.3, 0.4) is 0 Å². The summed E-state index contributed by atoms with van der Waals surface area (Å²) < 4.78 is 19.9. The van der Waals surface area contributed by atoms with Crippen LogP contribution in [0.25, 0.3) is 0 Å². The maximum absolute atomic E-state index is 14.3. The van der Waals surface area contributed by atoms with Crippen LogP contribution in [0, 0.1) is 0 Å². The number of rotatable bonds is 4. The van der Waals surface area contributed by atoms with Crippen molar-refractivity contribution < 1.29 is 9.13 Å². The van der Waals surface area contributed by atoms with E-state index in [1.165, 1.54) is 0 Å². The van der Waals surface area contributed by atoms with Crippen molar-refractivity contribution >= 4 is 0 Å². The van der Waals surface area contributed by atoms with Gasteiger partial charge in [-0.2, -0.15) is 0 Å². The number of alkyl halides is 1. The van der Waals surface area contributed by atoms with Gasteiger partial charge >= 0.3 is 0 Å². The predicted octanol–water partition coefficient (Wildman–Crippen LogP) is 2.99. The monoisotopic (exact) mass is 235 g/mol. The van der Waals surface area contributed by atoms with E-state index in [9.17, 15) is 4.39 Å². The van der Waals surface area contributed by atoms with E-state index in [4.69, 9.17) is 4.74 Å². The van der Waals surface area contributed by atoms with Crippen LogP contribution in [0.4, 0.5) is 4.39 Å². The summed E-state index contributed by atoms with van der Waals surface area (Å²) in [6.45, 7) is 0.934. The largest absolute Gasteiger partial charge is 0.490 e. The van der Waals surface area contributed by atoms with E-state index >= 15 is 0 Å². The van der Waals surface area contributed by atoms with E-state index in [0.29, 0.717) is 6.10 Å². The van der Waals surface area contributed by atoms with Gasteiger partial charge in [-0.25, -0.2) is 4.39 Å². The van der Waals surface area contributed by atoms with Crippen molar-refractivity contribution in [1.29, 1.82) is 0 Å². The van der Waals surface area contributed by atoms with E-state index in [-0.39, 0.29) is 6.04 Å². The fourth-order valence-electron chi connectivity index (χ4n) is 2.33. The Labute approximate surface area is 101 Å². The summed E-state index contributed by atoms with van der Waals surface area (Å²) >= 11 is 0. The molecule has 3 heteroatoms. The van der Waals surface area contributed by atoms with Crippen molar-refractivity contribution in [3.63, 3.8) is 0 Å². The second-order valence-corrected chi connectivity index (χ2v) is 4.99. The summed E-state index contributed by atoms with van der Waals surface area (Å²) in [6.07, 6.45) is 3.72. The van der Waals surface area contributed by atoms with Crippen molar-refractivity contribution in [2.24, 2.45) is 0 Å². The lowest BCUT2D eigenvalue weighted by Crippen LogP contribution is -2.26. The van der Waals surface area contributed by atoms with Crippen LogP contribution in [-0.4, -0.2) is 18.7 Å². The minimum Gasteiger partial charge on any atom is -0.490 e. The van der Waals surface area contributed by atoms with Gasteiger partial charge < -0.3 is 10.1 Å². The molecule has 1 saturated heterocycles. The van der Waals surface area contributed by atoms with Crippen molar-refractivity contribution in [3.8, 4) is 5.75 Å². The Morgan fingerprint density at radius 1 is 1.29 bits per heavy atom. The summed E-state index contributed by atoms with van der Waals surface area (Å²) in [5.74, 6) is 0.811. The SMILES string of the molecule is FC(c1cccc(OC2CC2)c1)C1CCCN1. The summed E-state index contributed by atoms with van der Waals surface area (Å²) in [7, 11) is 0. The van der Waals surface area contributed by atoms with Crippen LogP contribution in [0.2, 0.25) is 0 Å². The van der Waals surface area contributed by atoms with Crippen molar-refractivity contribution in [1.82, 2.24) is 5.32 Å². The molecular weight excluding hydrogens is 217 g/mol. The van der Waals surface area contributed by atoms with Gasteiger partial charge in [0, 0.05) is 6.04 Å². The quantitative estimate of drug-likeness (QED) is 0.866. The molecule has 0 radical (unpaired) electrons. The molecule has 2 fully saturated rings. The highest BCUT2D eigenvalue weighted by atomic mass is 19.1. The van der Waals surface area contributed by atoms with Gasteiger partial charge in [0.25, 0.3) is 0 Å². The zero-order valence-electron chi connectivity index (χ0n) is 9.86. The highest BCUT2D eigenvalue weighted by Crippen LogP contribution is 2.31. The molecule has 0 spiro atoms. The van der Waals surface area contributed by atoms with Crippen LogP contribution in [-0.2, 0) is 0 Å². The second-order valence-electron chi connectivity index (χ2n) is 4.99. The van der Waals surface area contributed by atoms with Crippen LogP contribution in [0.5, 0.6) is 5.75 Å². The fourth-order valence-corrected chi connectivity index (χ4v) is 2.33. The van der Waals surface area contributed by atoms with E-state index in [0.717, 1.165) is 43.5 Å². The first-order chi connectivity index (χ1) is 8.33. The number of ether oxygens (including phenoxy) is 1. The topological polar surface area (TPSA) is 21.3 Å². The molecule has 1 aliphatic heterocycles. The van der Waals surface area contributed by atoms with Gasteiger partial charge in [-0.15, -0.1) is 0 Å². The van der Waals surface area contributed by atoms with E-state index in [1.54, 1.807) is 0 Å². The smallest absolute Gasteiger partial charge is 0.140 e. The molecule has 2 unspecified atom stereocenters. The number of nitrogens with one attached hydrogen (secondary N) is 1. The molecule has 17 heavy (non-hydrogen) atoms. The van der Waals surface area contributed by atoms with Gasteiger partial charge in [-0.05, 0) is 49.9 Å². The molecule has 1 N–H and O–H groups in total. The Kier molecular flexibility index (Phi) is 3.02. The average molecular weight is 235 g/mol. The third-order valence-corrected chi connectivity index (χ3v) is 3.46. The Bertz CT molecular complexity index is 386. The number of hydrogen-bond acceptors (Lipinski definition) is 2. The molecule has 1 saturated carbocycles. The first-order valence-electron chi connectivity index (χ1n) is 6.47. The lowest BCUT2D eigenvalue weighted by molar-refractivity contribution is 0.267. The zero-order chi connectivity index (χ0) is 11.7. The van der Waals surface area contributed by atoms with E-state index < -0.39 is 6.17 Å². The van der Waals surface area contributed by atoms with E-state index in [1.807, 2.05) is 24.3 Å². The molecule has 1 heterocycles. The Morgan fingerprint density at radius 3 is 2.88 bits per heavy atom. The molecule has 2 atom stereocenters. The van der Waals surface area contributed by atoms with Gasteiger partial charge in [0.1, 0.15) is 11.9 Å². The fraction of sp³-hybridized carbons (Fsp3) is 0.571. The molecule has 3 rings (SSSR count). The lowest BCUT2D eigenvalue weighted by Gasteiger charge is -2.17. The molecular formula is C14H18FNO. The molecule has 0 amide bonds. The Morgan fingerprint density at radius 2 is 2.18 bits per heavy atom. The minimum absolute atomic E-state index is 0.0221. The van der Waals surface area contributed by atoms with Gasteiger partial charge in [-0.3, -0.25) is 0 Å². The molecule has 0 aromatic heterocycles. The first-order valence-corrected chi connectivity index (χ1v) is 6.47. The molecule has 2 aliphatic rings. The standard InChI is InChI=1S/C14H18FNO/c15-14(13-5-2-8-16-13)10-3-1-4-12(9-10)17-11-6-7-11/h1,3-4,9,11,13-14,16H,2,5-8H2. The van der Waals surface area contributed by atoms with Crippen molar-refractivity contribution in [2.75, 3.05) is 6.54 Å². The maximum atomic E-state index is 14.3. The molecule has 92 valence electrons. The van der Waals surface area contributed by atoms with Crippen LogP contribution >= 0.6 is 0 Å². The number of halogens is 1. The van der Waals surface area contributed by atoms with Gasteiger partial charge in [0.15, 0.2) is 0 Å². The Balaban J connectivity index is 1.71. The van der Waals surface area contributed by atoms with Gasteiger partial charge in [-0.1, -0.05) is 12.1 Å². The van der Waals surface area contributed by atoms with Crippen molar-refractivity contribution in [3.05, 3.63) is 29.8 Å². The molecule has 0 bridgehead atoms. The second kappa shape index (κ2) is 4.65. The van der Waals surface area contributed by atoms with Crippen molar-refractivity contribution in [2.45, 2.75) is 44.0 Å². The summed E-state index contributed by atoms with van der Waals surface area (Å²) in [5.41, 5.74) is 0.738. The van der Waals surface area contributed by atoms with Gasteiger partial charge in [0.05, 0.1) is 6.10 Å². The number of hydrogen-bond donors (Lipinski definition) is 1. The minimum atomic E-state index is -0.916. The Hall–Kier alpha value is -1.09. The highest BCUT2D eigenvalue weighted by molar-refractivity contribution is 5.31. The maximum Gasteiger partial charge on any atom is 0.140 e. The molecule has 1 aromatic carbocycles. The third-order valence-electron chi connectivity index (χ3n) is 3.46. The average Bonchev–Trinajstić information content (AvgIpc) is 2.99. The molecule has 1 aromatic rings. The lowest BCUT2D eigenvalue weighted by atomic mass is 10.0. The summed E-state index contributed by atoms with van der Waals surface area (Å²) in [5, 5.41) is 3.21. The molecule has 1 aliphatic carbocycles. The predicted molar refractivity (Wildman–Crippen MR) is 65.0 cm³/mol. The summed E-state index contributed by atoms with van der Waals surface area (Å²) in [6, 6.07) is 7.48. The van der Waals surface area contributed by atoms with Crippen LogP contribution in [0.15, 0.2) is 24.3 Å². The summed E-state index contributed by atoms with van der Waals surface area (Å²) in [4.78, 5) is 0. The third kappa shape index (κ3) is 2.60. The van der Waals surface area contributed by atoms with E-state index in [2.05, 4.69) is 5.32 Å². The van der Waals surface area contributed by atoms with Crippen LogP contribution in [0.1, 0.15) is 37.4 Å². The van der Waals surface area contributed by atoms with Gasteiger partial charge in [0.2, 0.25) is 0 Å². The first kappa shape index (κ1) is 11.0. The van der Waals surface area contributed by atoms with Crippen LogP contribution < -0.4 is 10.1 Å². The highest BCUT2D eigenvalue weighted by Gasteiger charge is 2.27. The zero-order valence-corrected chi connectivity index (χ0v) is 9.86. The molecule has 2 nitrogen and oxygen atoms in total.